The van der Waals surface area contributed by atoms with Crippen LogP contribution in [0.1, 0.15) is 4.88 Å². The Balaban J connectivity index is 2.25. The first kappa shape index (κ1) is 17.4. The molecule has 120 valence electrons. The van der Waals surface area contributed by atoms with E-state index < -0.39 is 21.2 Å². The summed E-state index contributed by atoms with van der Waals surface area (Å²) >= 11 is 18.6. The molecule has 1 aromatic heterocycles. The van der Waals surface area contributed by atoms with Gasteiger partial charge in [-0.05, 0) is 0 Å². The Bertz CT molecular complexity index is 792. The van der Waals surface area contributed by atoms with Crippen molar-refractivity contribution >= 4 is 69.4 Å². The average molecular weight is 396 g/mol. The topological polar surface area (TPSA) is 111 Å². The molecule has 1 heterocycles. The fraction of sp³-hybridized carbons (Fsp3) is 0. The molecule has 2 aromatic rings. The Morgan fingerprint density at radius 3 is 2.04 bits per heavy atom. The lowest BCUT2D eigenvalue weighted by molar-refractivity contribution is -0.394. The Kier molecular flexibility index (Phi) is 5.37. The van der Waals surface area contributed by atoms with Crippen molar-refractivity contribution in [2.24, 2.45) is 5.10 Å². The molecule has 1 N–H and O–H groups in total. The van der Waals surface area contributed by atoms with Crippen molar-refractivity contribution in [2.45, 2.75) is 0 Å². The second-order valence-electron chi connectivity index (χ2n) is 3.99. The molecule has 0 saturated carbocycles. The SMILES string of the molecule is O=[N+]([O-])c1cc(N/N=C/c2sc(Cl)c(Cl)c2Cl)cc([N+](=O)[O-])c1. The summed E-state index contributed by atoms with van der Waals surface area (Å²) in [5.41, 5.74) is 1.67. The second kappa shape index (κ2) is 7.09. The lowest BCUT2D eigenvalue weighted by Gasteiger charge is -2.00. The molecular formula is C11H5Cl3N4O4S. The number of hydrogen-bond acceptors (Lipinski definition) is 7. The largest absolute Gasteiger partial charge is 0.278 e. The molecule has 0 bridgehead atoms. The van der Waals surface area contributed by atoms with E-state index in [-0.39, 0.29) is 15.7 Å². The molecule has 12 heteroatoms. The van der Waals surface area contributed by atoms with Gasteiger partial charge in [-0.1, -0.05) is 34.8 Å². The number of nitrogens with one attached hydrogen (secondary N) is 1. The van der Waals surface area contributed by atoms with Crippen LogP contribution in [0, 0.1) is 20.2 Å². The molecule has 8 nitrogen and oxygen atoms in total. The maximum atomic E-state index is 10.8. The zero-order valence-corrected chi connectivity index (χ0v) is 13.9. The van der Waals surface area contributed by atoms with E-state index in [1.807, 2.05) is 0 Å². The minimum atomic E-state index is -0.739. The van der Waals surface area contributed by atoms with Crippen LogP contribution < -0.4 is 5.43 Å². The normalized spacial score (nSPS) is 10.9. The molecule has 0 aliphatic carbocycles. The van der Waals surface area contributed by atoms with Gasteiger partial charge in [0.15, 0.2) is 0 Å². The van der Waals surface area contributed by atoms with Gasteiger partial charge in [0.1, 0.15) is 4.34 Å². The van der Waals surface area contributed by atoms with Crippen LogP contribution in [0.2, 0.25) is 14.4 Å². The van der Waals surface area contributed by atoms with Crippen LogP contribution in [-0.2, 0) is 0 Å². The van der Waals surface area contributed by atoms with Crippen LogP contribution in [0.5, 0.6) is 0 Å². The average Bonchev–Trinajstić information content (AvgIpc) is 2.74. The number of benzene rings is 1. The van der Waals surface area contributed by atoms with Crippen molar-refractivity contribution in [3.8, 4) is 0 Å². The number of hydrogen-bond donors (Lipinski definition) is 1. The third kappa shape index (κ3) is 4.08. The van der Waals surface area contributed by atoms with Gasteiger partial charge in [-0.25, -0.2) is 0 Å². The number of nitro groups is 2. The van der Waals surface area contributed by atoms with Gasteiger partial charge in [0, 0.05) is 12.1 Å². The van der Waals surface area contributed by atoms with Crippen LogP contribution in [-0.4, -0.2) is 16.1 Å². The minimum Gasteiger partial charge on any atom is -0.278 e. The van der Waals surface area contributed by atoms with Gasteiger partial charge in [-0.2, -0.15) is 5.10 Å². The van der Waals surface area contributed by atoms with Crippen molar-refractivity contribution in [1.82, 2.24) is 0 Å². The Morgan fingerprint density at radius 2 is 1.61 bits per heavy atom. The molecule has 0 unspecified atom stereocenters. The van der Waals surface area contributed by atoms with E-state index in [0.717, 1.165) is 29.5 Å². The molecule has 2 rings (SSSR count). The van der Waals surface area contributed by atoms with E-state index in [1.54, 1.807) is 0 Å². The molecule has 0 atom stereocenters. The van der Waals surface area contributed by atoms with Crippen LogP contribution >= 0.6 is 46.1 Å². The van der Waals surface area contributed by atoms with Crippen LogP contribution in [0.25, 0.3) is 0 Å². The van der Waals surface area contributed by atoms with Crippen molar-refractivity contribution in [1.29, 1.82) is 0 Å². The highest BCUT2D eigenvalue weighted by atomic mass is 35.5. The molecule has 0 fully saturated rings. The van der Waals surface area contributed by atoms with Crippen molar-refractivity contribution < 1.29 is 9.85 Å². The number of halogens is 3. The molecule has 0 spiro atoms. The molecular weight excluding hydrogens is 391 g/mol. The highest BCUT2D eigenvalue weighted by Gasteiger charge is 2.16. The number of non-ortho nitro benzene ring substituents is 2. The third-order valence-electron chi connectivity index (χ3n) is 2.48. The molecule has 1 aromatic carbocycles. The minimum absolute atomic E-state index is 0.0759. The molecule has 0 amide bonds. The zero-order chi connectivity index (χ0) is 17.1. The Hall–Kier alpha value is -1.94. The van der Waals surface area contributed by atoms with Gasteiger partial charge >= 0.3 is 0 Å². The van der Waals surface area contributed by atoms with Crippen LogP contribution in [0.4, 0.5) is 17.1 Å². The first-order chi connectivity index (χ1) is 10.8. The van der Waals surface area contributed by atoms with Crippen LogP contribution in [0.15, 0.2) is 23.3 Å². The summed E-state index contributed by atoms with van der Waals surface area (Å²) in [6.45, 7) is 0. The summed E-state index contributed by atoms with van der Waals surface area (Å²) in [4.78, 5) is 20.5. The smallest absolute Gasteiger partial charge is 0.278 e. The fourth-order valence-electron chi connectivity index (χ4n) is 1.50. The number of nitro benzene ring substituents is 2. The van der Waals surface area contributed by atoms with E-state index in [1.165, 1.54) is 6.21 Å². The number of rotatable bonds is 5. The highest BCUT2D eigenvalue weighted by Crippen LogP contribution is 2.39. The summed E-state index contributed by atoms with van der Waals surface area (Å²) in [5, 5.41) is 25.8. The van der Waals surface area contributed by atoms with Gasteiger partial charge in [0.25, 0.3) is 11.4 Å². The third-order valence-corrected chi connectivity index (χ3v) is 5.00. The predicted octanol–water partition coefficient (Wildman–Crippen LogP) is 4.97. The highest BCUT2D eigenvalue weighted by molar-refractivity contribution is 7.19. The second-order valence-corrected chi connectivity index (χ2v) is 6.40. The van der Waals surface area contributed by atoms with Gasteiger partial charge in [-0.3, -0.25) is 25.7 Å². The standard InChI is InChI=1S/C11H5Cl3N4O4S/c12-9-8(23-11(14)10(9)13)4-15-16-5-1-6(17(19)20)3-7(2-5)18(21)22/h1-4,16H/b15-4+. The first-order valence-corrected chi connectivity index (χ1v) is 7.61. The number of nitrogens with zero attached hydrogens (tertiary/aromatic N) is 3. The summed E-state index contributed by atoms with van der Waals surface area (Å²) in [6.07, 6.45) is 1.30. The number of thiophene rings is 1. The molecule has 23 heavy (non-hydrogen) atoms. The summed E-state index contributed by atoms with van der Waals surface area (Å²) in [7, 11) is 0. The summed E-state index contributed by atoms with van der Waals surface area (Å²) in [5.74, 6) is 0. The maximum Gasteiger partial charge on any atom is 0.278 e. The lowest BCUT2D eigenvalue weighted by atomic mass is 10.2. The van der Waals surface area contributed by atoms with Crippen molar-refractivity contribution in [3.05, 3.63) is 57.7 Å². The fourth-order valence-corrected chi connectivity index (χ4v) is 3.16. The Labute approximate surface area is 147 Å². The summed E-state index contributed by atoms with van der Waals surface area (Å²) in [6, 6.07) is 3.07. The van der Waals surface area contributed by atoms with Crippen molar-refractivity contribution in [2.75, 3.05) is 5.43 Å². The van der Waals surface area contributed by atoms with E-state index >= 15 is 0 Å². The predicted molar refractivity (Wildman–Crippen MR) is 90.3 cm³/mol. The van der Waals surface area contributed by atoms with E-state index in [2.05, 4.69) is 10.5 Å². The molecule has 0 radical (unpaired) electrons. The Morgan fingerprint density at radius 1 is 1.04 bits per heavy atom. The lowest BCUT2D eigenvalue weighted by Crippen LogP contribution is -1.96. The quantitative estimate of drug-likeness (QED) is 0.436. The number of anilines is 1. The monoisotopic (exact) mass is 394 g/mol. The van der Waals surface area contributed by atoms with E-state index in [0.29, 0.717) is 9.21 Å². The van der Waals surface area contributed by atoms with Crippen molar-refractivity contribution in [3.63, 3.8) is 0 Å². The van der Waals surface area contributed by atoms with Gasteiger partial charge in [-0.15, -0.1) is 11.3 Å². The molecule has 0 saturated heterocycles. The van der Waals surface area contributed by atoms with Gasteiger partial charge in [0.2, 0.25) is 0 Å². The first-order valence-electron chi connectivity index (χ1n) is 5.66. The summed E-state index contributed by atoms with van der Waals surface area (Å²) < 4.78 is 0.295. The van der Waals surface area contributed by atoms with E-state index in [9.17, 15) is 20.2 Å². The van der Waals surface area contributed by atoms with Crippen LogP contribution in [0.3, 0.4) is 0 Å². The number of hydrazone groups is 1. The van der Waals surface area contributed by atoms with Gasteiger partial charge in [0.05, 0.1) is 42.7 Å². The zero-order valence-electron chi connectivity index (χ0n) is 10.8. The molecule has 0 aliphatic rings. The van der Waals surface area contributed by atoms with E-state index in [4.69, 9.17) is 34.8 Å². The maximum absolute atomic E-state index is 10.8. The molecule has 0 aliphatic heterocycles. The van der Waals surface area contributed by atoms with Gasteiger partial charge < -0.3 is 0 Å².